The van der Waals surface area contributed by atoms with Gasteiger partial charge in [-0.1, -0.05) is 24.3 Å². The molecule has 0 unspecified atom stereocenters. The second kappa shape index (κ2) is 6.01. The molecule has 1 aliphatic carbocycles. The van der Waals surface area contributed by atoms with Gasteiger partial charge in [0.2, 0.25) is 5.91 Å². The molecule has 1 aromatic rings. The van der Waals surface area contributed by atoms with Crippen LogP contribution in [0.25, 0.3) is 0 Å². The van der Waals surface area contributed by atoms with Crippen molar-refractivity contribution in [3.8, 4) is 0 Å². The lowest BCUT2D eigenvalue weighted by molar-refractivity contribution is -0.126. The van der Waals surface area contributed by atoms with Crippen molar-refractivity contribution in [1.82, 2.24) is 10.2 Å². The molecule has 22 heavy (non-hydrogen) atoms. The van der Waals surface area contributed by atoms with Crippen LogP contribution in [0.3, 0.4) is 0 Å². The van der Waals surface area contributed by atoms with Crippen molar-refractivity contribution in [2.45, 2.75) is 57.2 Å². The number of fused-ring (bicyclic) bond motifs is 1. The smallest absolute Gasteiger partial charge is 0.239 e. The maximum absolute atomic E-state index is 12.1. The molecule has 1 amide bonds. The summed E-state index contributed by atoms with van der Waals surface area (Å²) in [6, 6.07) is 9.56. The summed E-state index contributed by atoms with van der Waals surface area (Å²) in [5.41, 5.74) is 8.06. The Morgan fingerprint density at radius 1 is 1.27 bits per heavy atom. The normalized spacial score (nSPS) is 23.3. The highest BCUT2D eigenvalue weighted by Gasteiger charge is 2.32. The number of carbonyl (C=O) groups excluding carboxylic acids is 1. The van der Waals surface area contributed by atoms with Crippen LogP contribution in [0, 0.1) is 0 Å². The Hall–Kier alpha value is -1.39. The van der Waals surface area contributed by atoms with Gasteiger partial charge >= 0.3 is 0 Å². The van der Waals surface area contributed by atoms with Gasteiger partial charge in [-0.25, -0.2) is 0 Å². The lowest BCUT2D eigenvalue weighted by Crippen LogP contribution is -2.57. The van der Waals surface area contributed by atoms with Crippen LogP contribution < -0.4 is 11.1 Å². The first-order chi connectivity index (χ1) is 10.4. The van der Waals surface area contributed by atoms with Crippen LogP contribution in [0.2, 0.25) is 0 Å². The van der Waals surface area contributed by atoms with E-state index in [1.54, 1.807) is 13.8 Å². The molecule has 1 saturated heterocycles. The van der Waals surface area contributed by atoms with Crippen LogP contribution in [0.4, 0.5) is 0 Å². The van der Waals surface area contributed by atoms with Gasteiger partial charge in [-0.05, 0) is 57.2 Å². The zero-order valence-electron chi connectivity index (χ0n) is 13.6. The van der Waals surface area contributed by atoms with Gasteiger partial charge in [0, 0.05) is 18.6 Å². The second-order valence-corrected chi connectivity index (χ2v) is 7.36. The molecule has 0 bridgehead atoms. The van der Waals surface area contributed by atoms with E-state index in [9.17, 15) is 4.79 Å². The Balaban J connectivity index is 1.59. The Morgan fingerprint density at radius 3 is 2.50 bits per heavy atom. The fourth-order valence-electron chi connectivity index (χ4n) is 3.62. The number of hydrogen-bond acceptors (Lipinski definition) is 3. The molecule has 1 atom stereocenters. The van der Waals surface area contributed by atoms with Crippen molar-refractivity contribution < 1.29 is 4.79 Å². The van der Waals surface area contributed by atoms with Crippen molar-refractivity contribution in [3.63, 3.8) is 0 Å². The van der Waals surface area contributed by atoms with E-state index >= 15 is 0 Å². The number of likely N-dealkylation sites (tertiary alicyclic amines) is 1. The summed E-state index contributed by atoms with van der Waals surface area (Å²) in [6.45, 7) is 5.60. The molecular formula is C18H27N3O. The molecule has 3 rings (SSSR count). The van der Waals surface area contributed by atoms with Gasteiger partial charge in [0.05, 0.1) is 5.54 Å². The van der Waals surface area contributed by atoms with Gasteiger partial charge in [0.1, 0.15) is 0 Å². The molecule has 1 aromatic carbocycles. The highest BCUT2D eigenvalue weighted by molar-refractivity contribution is 5.85. The first-order valence-electron chi connectivity index (χ1n) is 8.34. The van der Waals surface area contributed by atoms with E-state index in [0.29, 0.717) is 6.04 Å². The lowest BCUT2D eigenvalue weighted by Gasteiger charge is -2.37. The summed E-state index contributed by atoms with van der Waals surface area (Å²) >= 11 is 0. The molecule has 120 valence electrons. The molecular weight excluding hydrogens is 274 g/mol. The second-order valence-electron chi connectivity index (χ2n) is 7.36. The predicted molar refractivity (Wildman–Crippen MR) is 88.6 cm³/mol. The number of amides is 1. The molecule has 2 aliphatic rings. The SMILES string of the molecule is CC(C)(N)C(=O)N[C@H]1CCCN(C2Cc3ccccc3C2)C1. The predicted octanol–water partition coefficient (Wildman–Crippen LogP) is 1.47. The van der Waals surface area contributed by atoms with Crippen LogP contribution in [-0.4, -0.2) is 41.5 Å². The van der Waals surface area contributed by atoms with E-state index in [4.69, 9.17) is 5.73 Å². The van der Waals surface area contributed by atoms with Gasteiger partial charge in [0.25, 0.3) is 0 Å². The third-order valence-corrected chi connectivity index (χ3v) is 4.92. The van der Waals surface area contributed by atoms with Gasteiger partial charge in [-0.15, -0.1) is 0 Å². The van der Waals surface area contributed by atoms with E-state index < -0.39 is 5.54 Å². The first kappa shape index (κ1) is 15.5. The highest BCUT2D eigenvalue weighted by Crippen LogP contribution is 2.27. The fraction of sp³-hybridized carbons (Fsp3) is 0.611. The van der Waals surface area contributed by atoms with Gasteiger partial charge in [-0.3, -0.25) is 9.69 Å². The molecule has 3 N–H and O–H groups in total. The fourth-order valence-corrected chi connectivity index (χ4v) is 3.62. The maximum atomic E-state index is 12.1. The minimum absolute atomic E-state index is 0.0472. The van der Waals surface area contributed by atoms with Crippen LogP contribution in [0.1, 0.15) is 37.8 Å². The maximum Gasteiger partial charge on any atom is 0.239 e. The number of piperidine rings is 1. The standard InChI is InChI=1S/C18H27N3O/c1-18(2,19)17(22)20-15-8-5-9-21(12-15)16-10-13-6-3-4-7-14(13)11-16/h3-4,6-7,15-16H,5,8-12,19H2,1-2H3,(H,20,22)/t15-/m0/s1. The third-order valence-electron chi connectivity index (χ3n) is 4.92. The molecule has 1 heterocycles. The average molecular weight is 301 g/mol. The summed E-state index contributed by atoms with van der Waals surface area (Å²) in [5, 5.41) is 3.13. The third kappa shape index (κ3) is 3.33. The zero-order valence-corrected chi connectivity index (χ0v) is 13.6. The molecule has 0 spiro atoms. The summed E-state index contributed by atoms with van der Waals surface area (Å²) in [6.07, 6.45) is 4.47. The van der Waals surface area contributed by atoms with Gasteiger partial charge in [0.15, 0.2) is 0 Å². The summed E-state index contributed by atoms with van der Waals surface area (Å²) in [4.78, 5) is 14.6. The number of rotatable bonds is 3. The Morgan fingerprint density at radius 2 is 1.91 bits per heavy atom. The molecule has 4 heteroatoms. The molecule has 0 aromatic heterocycles. The van der Waals surface area contributed by atoms with Crippen molar-refractivity contribution in [3.05, 3.63) is 35.4 Å². The largest absolute Gasteiger partial charge is 0.351 e. The molecule has 0 radical (unpaired) electrons. The van der Waals surface area contributed by atoms with Gasteiger partial charge < -0.3 is 11.1 Å². The monoisotopic (exact) mass is 301 g/mol. The summed E-state index contributed by atoms with van der Waals surface area (Å²) in [5.74, 6) is -0.0472. The molecule has 4 nitrogen and oxygen atoms in total. The number of nitrogens with zero attached hydrogens (tertiary/aromatic N) is 1. The van der Waals surface area contributed by atoms with E-state index in [-0.39, 0.29) is 11.9 Å². The van der Waals surface area contributed by atoms with Crippen molar-refractivity contribution in [2.75, 3.05) is 13.1 Å². The lowest BCUT2D eigenvalue weighted by atomic mass is 10.00. The number of benzene rings is 1. The first-order valence-corrected chi connectivity index (χ1v) is 8.34. The Bertz CT molecular complexity index is 525. The van der Waals surface area contributed by atoms with E-state index in [1.807, 2.05) is 0 Å². The minimum atomic E-state index is -0.800. The van der Waals surface area contributed by atoms with E-state index in [2.05, 4.69) is 34.5 Å². The van der Waals surface area contributed by atoms with Crippen LogP contribution >= 0.6 is 0 Å². The Kier molecular flexibility index (Phi) is 4.24. The number of carbonyl (C=O) groups is 1. The molecule has 1 fully saturated rings. The van der Waals surface area contributed by atoms with E-state index in [1.165, 1.54) is 11.1 Å². The van der Waals surface area contributed by atoms with Crippen molar-refractivity contribution >= 4 is 5.91 Å². The topological polar surface area (TPSA) is 58.4 Å². The quantitative estimate of drug-likeness (QED) is 0.889. The van der Waals surface area contributed by atoms with Crippen molar-refractivity contribution in [2.24, 2.45) is 5.73 Å². The highest BCUT2D eigenvalue weighted by atomic mass is 16.2. The summed E-state index contributed by atoms with van der Waals surface area (Å²) in [7, 11) is 0. The van der Waals surface area contributed by atoms with Crippen molar-refractivity contribution in [1.29, 1.82) is 0 Å². The number of hydrogen-bond donors (Lipinski definition) is 2. The number of nitrogens with one attached hydrogen (secondary N) is 1. The zero-order chi connectivity index (χ0) is 15.7. The van der Waals surface area contributed by atoms with Crippen LogP contribution in [0.5, 0.6) is 0 Å². The van der Waals surface area contributed by atoms with E-state index in [0.717, 1.165) is 38.8 Å². The molecule has 1 aliphatic heterocycles. The minimum Gasteiger partial charge on any atom is -0.351 e. The van der Waals surface area contributed by atoms with Crippen LogP contribution in [-0.2, 0) is 17.6 Å². The Labute approximate surface area is 133 Å². The summed E-state index contributed by atoms with van der Waals surface area (Å²) < 4.78 is 0. The molecule has 0 saturated carbocycles. The number of nitrogens with two attached hydrogens (primary N) is 1. The van der Waals surface area contributed by atoms with Gasteiger partial charge in [-0.2, -0.15) is 0 Å². The average Bonchev–Trinajstić information content (AvgIpc) is 2.90. The van der Waals surface area contributed by atoms with Crippen LogP contribution in [0.15, 0.2) is 24.3 Å².